The lowest BCUT2D eigenvalue weighted by Crippen LogP contribution is -1.93. The van der Waals surface area contributed by atoms with E-state index in [0.717, 1.165) is 11.2 Å². The number of rotatable bonds is 4. The maximum Gasteiger partial charge on any atom is 0.135 e. The Labute approximate surface area is 397 Å². The van der Waals surface area contributed by atoms with Gasteiger partial charge in [-0.25, -0.2) is 0 Å². The third-order valence-corrected chi connectivity index (χ3v) is 14.3. The normalized spacial score (nSPS) is 11.8. The van der Waals surface area contributed by atoms with E-state index in [1.807, 2.05) is 36.4 Å². The third-order valence-electron chi connectivity index (χ3n) is 14.3. The fourth-order valence-electron chi connectivity index (χ4n) is 11.1. The lowest BCUT2D eigenvalue weighted by Gasteiger charge is -2.10. The molecule has 0 fully saturated rings. The number of hydrogen-bond acceptors (Lipinski definition) is 1. The molecule has 0 amide bonds. The summed E-state index contributed by atoms with van der Waals surface area (Å²) in [6.07, 6.45) is 0. The largest absolute Gasteiger partial charge is 0.456 e. The van der Waals surface area contributed by atoms with Gasteiger partial charge in [-0.3, -0.25) is 0 Å². The van der Waals surface area contributed by atoms with E-state index >= 15 is 0 Å². The van der Waals surface area contributed by atoms with Crippen molar-refractivity contribution in [2.75, 3.05) is 0 Å². The van der Waals surface area contributed by atoms with Crippen molar-refractivity contribution in [3.8, 4) is 33.6 Å². The Morgan fingerprint density at radius 1 is 0.275 bits per heavy atom. The van der Waals surface area contributed by atoms with Crippen LogP contribution in [0.1, 0.15) is 0 Å². The van der Waals surface area contributed by atoms with Gasteiger partial charge in [-0.15, -0.1) is 0 Å². The summed E-state index contributed by atoms with van der Waals surface area (Å²) in [7, 11) is 2.18. The standard InChI is InChI=1S/C53H35N3.C12H8O/c1-54-48-26-21-35(37-23-28-51-44(30-37)42-18-10-11-19-50(42)55(51)39-13-4-2-5-14-39)32-46(48)47-33-36(22-27-49(47)54)38-24-29-52-45(31-38)43-25-20-34-12-8-9-17-41(34)53(43)56(52)40-15-6-3-7-16-40;1-3-7-11-9(5-1)10-6-2-4-8-12(10)13-11/h2-33H,1H3;1-8H. The second kappa shape index (κ2) is 15.5. The third kappa shape index (κ3) is 6.16. The second-order valence-electron chi connectivity index (χ2n) is 18.1. The summed E-state index contributed by atoms with van der Waals surface area (Å²) >= 11 is 0. The molecular formula is C65H43N3O. The Morgan fingerprint density at radius 3 is 1.26 bits per heavy atom. The molecule has 15 rings (SSSR count). The first-order valence-corrected chi connectivity index (χ1v) is 23.6. The van der Waals surface area contributed by atoms with E-state index in [4.69, 9.17) is 4.42 Å². The van der Waals surface area contributed by atoms with E-state index in [-0.39, 0.29) is 0 Å². The van der Waals surface area contributed by atoms with Gasteiger partial charge < -0.3 is 18.1 Å². The van der Waals surface area contributed by atoms with Gasteiger partial charge in [0.25, 0.3) is 0 Å². The number of furan rings is 1. The van der Waals surface area contributed by atoms with Gasteiger partial charge in [-0.2, -0.15) is 0 Å². The number of hydrogen-bond donors (Lipinski definition) is 0. The zero-order valence-electron chi connectivity index (χ0n) is 37.8. The summed E-state index contributed by atoms with van der Waals surface area (Å²) in [5, 5.41) is 12.5. The molecule has 0 atom stereocenters. The van der Waals surface area contributed by atoms with E-state index < -0.39 is 0 Å². The average molecular weight is 882 g/mol. The number of aromatic nitrogens is 3. The Kier molecular flexibility index (Phi) is 8.77. The molecule has 0 unspecified atom stereocenters. The number of benzene rings is 11. The van der Waals surface area contributed by atoms with Crippen LogP contribution in [-0.2, 0) is 7.05 Å². The molecule has 4 nitrogen and oxygen atoms in total. The summed E-state index contributed by atoms with van der Waals surface area (Å²) in [4.78, 5) is 0. The summed E-state index contributed by atoms with van der Waals surface area (Å²) in [5.41, 5.74) is 16.5. The highest BCUT2D eigenvalue weighted by Crippen LogP contribution is 2.41. The molecule has 0 aliphatic rings. The van der Waals surface area contributed by atoms with Crippen LogP contribution in [0.5, 0.6) is 0 Å². The zero-order valence-corrected chi connectivity index (χ0v) is 37.8. The summed E-state index contributed by atoms with van der Waals surface area (Å²) in [5.74, 6) is 0. The highest BCUT2D eigenvalue weighted by atomic mass is 16.3. The highest BCUT2D eigenvalue weighted by Gasteiger charge is 2.18. The number of aryl methyl sites for hydroxylation is 1. The number of para-hydroxylation sites is 5. The van der Waals surface area contributed by atoms with E-state index in [1.54, 1.807) is 0 Å². The predicted molar refractivity (Wildman–Crippen MR) is 291 cm³/mol. The van der Waals surface area contributed by atoms with Crippen molar-refractivity contribution in [2.45, 2.75) is 0 Å². The maximum atomic E-state index is 5.65. The molecule has 0 bridgehead atoms. The first kappa shape index (κ1) is 39.1. The van der Waals surface area contributed by atoms with Gasteiger partial charge in [-0.1, -0.05) is 152 Å². The zero-order chi connectivity index (χ0) is 45.6. The monoisotopic (exact) mass is 881 g/mol. The minimum Gasteiger partial charge on any atom is -0.456 e. The predicted octanol–water partition coefficient (Wildman–Crippen LogP) is 17.6. The molecule has 324 valence electrons. The van der Waals surface area contributed by atoms with Crippen LogP contribution < -0.4 is 0 Å². The lowest BCUT2D eigenvalue weighted by molar-refractivity contribution is 0.669. The smallest absolute Gasteiger partial charge is 0.135 e. The Hall–Kier alpha value is -9.12. The quantitative estimate of drug-likeness (QED) is 0.173. The van der Waals surface area contributed by atoms with Crippen LogP contribution in [0, 0.1) is 0 Å². The van der Waals surface area contributed by atoms with Gasteiger partial charge in [0.05, 0.1) is 22.1 Å². The van der Waals surface area contributed by atoms with E-state index in [1.165, 1.54) is 121 Å². The van der Waals surface area contributed by atoms with Crippen molar-refractivity contribution in [2.24, 2.45) is 7.05 Å². The van der Waals surface area contributed by atoms with Crippen LogP contribution in [0.3, 0.4) is 0 Å². The molecule has 0 radical (unpaired) electrons. The Bertz CT molecular complexity index is 4440. The molecule has 15 aromatic rings. The van der Waals surface area contributed by atoms with Crippen molar-refractivity contribution in [3.63, 3.8) is 0 Å². The lowest BCUT2D eigenvalue weighted by atomic mass is 9.98. The summed E-state index contributed by atoms with van der Waals surface area (Å²) in [6.45, 7) is 0. The molecule has 4 heteroatoms. The van der Waals surface area contributed by atoms with Crippen LogP contribution in [0.4, 0.5) is 0 Å². The average Bonchev–Trinajstić information content (AvgIpc) is 4.15. The molecule has 0 aliphatic carbocycles. The fraction of sp³-hybridized carbons (Fsp3) is 0.0154. The van der Waals surface area contributed by atoms with Crippen LogP contribution >= 0.6 is 0 Å². The van der Waals surface area contributed by atoms with Gasteiger partial charge >= 0.3 is 0 Å². The van der Waals surface area contributed by atoms with E-state index in [9.17, 15) is 0 Å². The molecule has 0 N–H and O–H groups in total. The van der Waals surface area contributed by atoms with Crippen molar-refractivity contribution in [1.82, 2.24) is 13.7 Å². The number of nitrogens with zero attached hydrogens (tertiary/aromatic N) is 3. The molecule has 11 aromatic carbocycles. The Morgan fingerprint density at radius 2 is 0.681 bits per heavy atom. The minimum atomic E-state index is 0.962. The molecule has 0 saturated heterocycles. The molecule has 4 aromatic heterocycles. The first-order chi connectivity index (χ1) is 34.1. The van der Waals surface area contributed by atoms with E-state index in [0.29, 0.717) is 0 Å². The first-order valence-electron chi connectivity index (χ1n) is 23.6. The summed E-state index contributed by atoms with van der Waals surface area (Å²) in [6, 6.07) is 87.5. The molecule has 4 heterocycles. The van der Waals surface area contributed by atoms with Crippen LogP contribution in [0.2, 0.25) is 0 Å². The van der Waals surface area contributed by atoms with Crippen LogP contribution in [0.15, 0.2) is 247 Å². The Balaban J connectivity index is 0.000000296. The maximum absolute atomic E-state index is 5.65. The van der Waals surface area contributed by atoms with Crippen molar-refractivity contribution in [1.29, 1.82) is 0 Å². The fourth-order valence-corrected chi connectivity index (χ4v) is 11.1. The molecule has 0 saturated carbocycles. The van der Waals surface area contributed by atoms with Crippen LogP contribution in [-0.4, -0.2) is 13.7 Å². The molecule has 69 heavy (non-hydrogen) atoms. The van der Waals surface area contributed by atoms with Crippen molar-refractivity contribution >= 4 is 98.1 Å². The highest BCUT2D eigenvalue weighted by molar-refractivity contribution is 6.20. The van der Waals surface area contributed by atoms with Gasteiger partial charge in [0, 0.05) is 77.9 Å². The SMILES string of the molecule is Cn1c2ccc(-c3ccc4c(c3)c3ccccc3n4-c3ccccc3)cc2c2cc(-c3ccc4c(c3)c3ccc5ccccc5c3n4-c3ccccc3)ccc21.c1ccc2c(c1)oc1ccccc12. The van der Waals surface area contributed by atoms with Gasteiger partial charge in [0.15, 0.2) is 0 Å². The molecule has 0 spiro atoms. The van der Waals surface area contributed by atoms with Gasteiger partial charge in [0.2, 0.25) is 0 Å². The van der Waals surface area contributed by atoms with E-state index in [2.05, 4.69) is 227 Å². The minimum absolute atomic E-state index is 0.962. The topological polar surface area (TPSA) is 27.9 Å². The molecule has 0 aliphatic heterocycles. The van der Waals surface area contributed by atoms with Crippen molar-refractivity contribution < 1.29 is 4.42 Å². The number of fused-ring (bicyclic) bond motifs is 14. The second-order valence-corrected chi connectivity index (χ2v) is 18.1. The summed E-state index contributed by atoms with van der Waals surface area (Å²) < 4.78 is 12.8. The van der Waals surface area contributed by atoms with Crippen LogP contribution in [0.25, 0.3) is 132 Å². The van der Waals surface area contributed by atoms with Crippen molar-refractivity contribution in [3.05, 3.63) is 243 Å². The van der Waals surface area contributed by atoms with Gasteiger partial charge in [0.1, 0.15) is 11.2 Å². The molecular weight excluding hydrogens is 839 g/mol. The van der Waals surface area contributed by atoms with Gasteiger partial charge in [-0.05, 0) is 119 Å².